The van der Waals surface area contributed by atoms with Crippen molar-refractivity contribution >= 4 is 27.6 Å². The van der Waals surface area contributed by atoms with Crippen LogP contribution in [-0.2, 0) is 24.3 Å². The van der Waals surface area contributed by atoms with Gasteiger partial charge in [-0.05, 0) is 38.0 Å². The van der Waals surface area contributed by atoms with Gasteiger partial charge in [-0.2, -0.15) is 0 Å². The molecule has 1 aromatic carbocycles. The van der Waals surface area contributed by atoms with Gasteiger partial charge < -0.3 is 10.1 Å². The molecule has 0 saturated carbocycles. The number of nitrogens with zero attached hydrogens (tertiary/aromatic N) is 1. The number of hydrogen-bond acceptors (Lipinski definition) is 5. The normalized spacial score (nSPS) is 12.8. The molecule has 1 N–H and O–H groups in total. The van der Waals surface area contributed by atoms with Gasteiger partial charge in [0.2, 0.25) is 10.0 Å². The first-order chi connectivity index (χ1) is 11.1. The minimum Gasteiger partial charge on any atom is -0.453 e. The Morgan fingerprint density at radius 2 is 1.92 bits per heavy atom. The number of esters is 1. The SMILES string of the molecule is CCCC(=O)O[C@H](C)C(=O)Nc1cc(S(=O)(=O)N(C)C)ccc1C. The molecule has 8 heteroatoms. The molecular weight excluding hydrogens is 332 g/mol. The second kappa shape index (κ2) is 8.25. The first-order valence-electron chi connectivity index (χ1n) is 7.63. The number of carbonyl (C=O) groups excluding carboxylic acids is 2. The zero-order valence-electron chi connectivity index (χ0n) is 14.6. The van der Waals surface area contributed by atoms with Crippen molar-refractivity contribution in [1.82, 2.24) is 4.31 Å². The molecule has 0 aliphatic rings. The van der Waals surface area contributed by atoms with Crippen LogP contribution < -0.4 is 5.32 Å². The zero-order chi connectivity index (χ0) is 18.5. The summed E-state index contributed by atoms with van der Waals surface area (Å²) in [6, 6.07) is 4.48. The molecule has 0 bridgehead atoms. The van der Waals surface area contributed by atoms with Crippen LogP contribution in [0.2, 0.25) is 0 Å². The molecule has 0 unspecified atom stereocenters. The Kier molecular flexibility index (Phi) is 6.92. The summed E-state index contributed by atoms with van der Waals surface area (Å²) in [5.74, 6) is -0.956. The fourth-order valence-corrected chi connectivity index (χ4v) is 2.78. The monoisotopic (exact) mass is 356 g/mol. The maximum absolute atomic E-state index is 12.2. The van der Waals surface area contributed by atoms with Gasteiger partial charge in [0.05, 0.1) is 4.90 Å². The van der Waals surface area contributed by atoms with Gasteiger partial charge in [0.15, 0.2) is 6.10 Å². The van der Waals surface area contributed by atoms with Gasteiger partial charge >= 0.3 is 5.97 Å². The van der Waals surface area contributed by atoms with Crippen LogP contribution in [0, 0.1) is 6.92 Å². The molecule has 0 spiro atoms. The van der Waals surface area contributed by atoms with Gasteiger partial charge in [-0.1, -0.05) is 13.0 Å². The number of nitrogens with one attached hydrogen (secondary N) is 1. The van der Waals surface area contributed by atoms with E-state index in [-0.39, 0.29) is 11.3 Å². The molecule has 24 heavy (non-hydrogen) atoms. The van der Waals surface area contributed by atoms with Crippen molar-refractivity contribution in [3.8, 4) is 0 Å². The molecule has 0 fully saturated rings. The van der Waals surface area contributed by atoms with Crippen molar-refractivity contribution < 1.29 is 22.7 Å². The lowest BCUT2D eigenvalue weighted by molar-refractivity contribution is -0.153. The van der Waals surface area contributed by atoms with Crippen molar-refractivity contribution in [1.29, 1.82) is 0 Å². The van der Waals surface area contributed by atoms with Crippen molar-refractivity contribution in [3.05, 3.63) is 23.8 Å². The summed E-state index contributed by atoms with van der Waals surface area (Å²) in [7, 11) is -0.735. The van der Waals surface area contributed by atoms with E-state index in [2.05, 4.69) is 5.32 Å². The van der Waals surface area contributed by atoms with Crippen LogP contribution in [0.15, 0.2) is 23.1 Å². The second-order valence-corrected chi connectivity index (χ2v) is 7.79. The Bertz CT molecular complexity index is 713. The number of rotatable bonds is 7. The third-order valence-electron chi connectivity index (χ3n) is 3.38. The largest absolute Gasteiger partial charge is 0.453 e. The summed E-state index contributed by atoms with van der Waals surface area (Å²) >= 11 is 0. The number of anilines is 1. The van der Waals surface area contributed by atoms with E-state index < -0.39 is 28.0 Å². The molecule has 0 aromatic heterocycles. The number of carbonyl (C=O) groups is 2. The molecule has 0 aliphatic heterocycles. The van der Waals surface area contributed by atoms with E-state index >= 15 is 0 Å². The summed E-state index contributed by atoms with van der Waals surface area (Å²) in [6.45, 7) is 5.06. The third-order valence-corrected chi connectivity index (χ3v) is 5.19. The Labute approximate surface area is 143 Å². The Hall–Kier alpha value is -1.93. The first-order valence-corrected chi connectivity index (χ1v) is 9.07. The lowest BCUT2D eigenvalue weighted by Crippen LogP contribution is -2.30. The van der Waals surface area contributed by atoms with Gasteiger partial charge in [0.25, 0.3) is 5.91 Å². The first kappa shape index (κ1) is 20.1. The Morgan fingerprint density at radius 3 is 2.46 bits per heavy atom. The van der Waals surface area contributed by atoms with E-state index in [1.807, 2.05) is 6.92 Å². The molecule has 0 heterocycles. The summed E-state index contributed by atoms with van der Waals surface area (Å²) in [5, 5.41) is 2.61. The minimum atomic E-state index is -3.60. The summed E-state index contributed by atoms with van der Waals surface area (Å²) < 4.78 is 30.5. The van der Waals surface area contributed by atoms with Gasteiger partial charge in [0.1, 0.15) is 0 Å². The maximum atomic E-state index is 12.2. The van der Waals surface area contributed by atoms with Crippen LogP contribution in [0.25, 0.3) is 0 Å². The predicted molar refractivity (Wildman–Crippen MR) is 91.1 cm³/mol. The second-order valence-electron chi connectivity index (χ2n) is 5.64. The van der Waals surface area contributed by atoms with Crippen molar-refractivity contribution in [2.75, 3.05) is 19.4 Å². The van der Waals surface area contributed by atoms with E-state index in [0.717, 1.165) is 4.31 Å². The number of ether oxygens (including phenoxy) is 1. The summed E-state index contributed by atoms with van der Waals surface area (Å²) in [4.78, 5) is 23.7. The number of amides is 1. The van der Waals surface area contributed by atoms with E-state index in [9.17, 15) is 18.0 Å². The topological polar surface area (TPSA) is 92.8 Å². The molecule has 0 saturated heterocycles. The van der Waals surface area contributed by atoms with Crippen LogP contribution in [0.3, 0.4) is 0 Å². The van der Waals surface area contributed by atoms with Crippen molar-refractivity contribution in [3.63, 3.8) is 0 Å². The van der Waals surface area contributed by atoms with Crippen LogP contribution in [0.5, 0.6) is 0 Å². The highest BCUT2D eigenvalue weighted by Crippen LogP contribution is 2.22. The number of aryl methyl sites for hydroxylation is 1. The molecule has 7 nitrogen and oxygen atoms in total. The van der Waals surface area contributed by atoms with Gasteiger partial charge in [0, 0.05) is 26.2 Å². The lowest BCUT2D eigenvalue weighted by atomic mass is 10.2. The van der Waals surface area contributed by atoms with E-state index in [4.69, 9.17) is 4.74 Å². The van der Waals surface area contributed by atoms with E-state index in [1.165, 1.54) is 33.2 Å². The summed E-state index contributed by atoms with van der Waals surface area (Å²) in [6.07, 6.45) is -0.0817. The highest BCUT2D eigenvalue weighted by molar-refractivity contribution is 7.89. The Morgan fingerprint density at radius 1 is 1.29 bits per heavy atom. The summed E-state index contributed by atoms with van der Waals surface area (Å²) in [5.41, 5.74) is 1.06. The minimum absolute atomic E-state index is 0.0732. The average Bonchev–Trinajstić information content (AvgIpc) is 2.49. The van der Waals surface area contributed by atoms with Crippen LogP contribution in [0.4, 0.5) is 5.69 Å². The number of sulfonamides is 1. The van der Waals surface area contributed by atoms with E-state index in [1.54, 1.807) is 13.0 Å². The molecule has 0 radical (unpaired) electrons. The fourth-order valence-electron chi connectivity index (χ4n) is 1.86. The molecule has 1 atom stereocenters. The molecule has 1 amide bonds. The number of hydrogen-bond donors (Lipinski definition) is 1. The molecule has 134 valence electrons. The molecule has 1 rings (SSSR count). The van der Waals surface area contributed by atoms with Crippen LogP contribution in [0.1, 0.15) is 32.3 Å². The standard InChI is InChI=1S/C16H24N2O5S/c1-6-7-15(19)23-12(3)16(20)17-14-10-13(9-8-11(14)2)24(21,22)18(4)5/h8-10,12H,6-7H2,1-5H3,(H,17,20)/t12-/m1/s1. The van der Waals surface area contributed by atoms with Crippen molar-refractivity contribution in [2.24, 2.45) is 0 Å². The lowest BCUT2D eigenvalue weighted by Gasteiger charge is -2.16. The van der Waals surface area contributed by atoms with Crippen LogP contribution >= 0.6 is 0 Å². The Balaban J connectivity index is 2.95. The van der Waals surface area contributed by atoms with Crippen LogP contribution in [-0.4, -0.2) is 44.8 Å². The molecule has 1 aromatic rings. The zero-order valence-corrected chi connectivity index (χ0v) is 15.4. The van der Waals surface area contributed by atoms with Gasteiger partial charge in [-0.3, -0.25) is 9.59 Å². The smallest absolute Gasteiger partial charge is 0.306 e. The maximum Gasteiger partial charge on any atom is 0.306 e. The third kappa shape index (κ3) is 5.04. The average molecular weight is 356 g/mol. The van der Waals surface area contributed by atoms with Gasteiger partial charge in [-0.15, -0.1) is 0 Å². The van der Waals surface area contributed by atoms with E-state index in [0.29, 0.717) is 17.7 Å². The highest BCUT2D eigenvalue weighted by atomic mass is 32.2. The van der Waals surface area contributed by atoms with Gasteiger partial charge in [-0.25, -0.2) is 12.7 Å². The number of benzene rings is 1. The predicted octanol–water partition coefficient (Wildman–Crippen LogP) is 1.92. The quantitative estimate of drug-likeness (QED) is 0.754. The fraction of sp³-hybridized carbons (Fsp3) is 0.500. The molecule has 0 aliphatic carbocycles. The highest BCUT2D eigenvalue weighted by Gasteiger charge is 2.21. The molecular formula is C16H24N2O5S. The van der Waals surface area contributed by atoms with Crippen molar-refractivity contribution in [2.45, 2.75) is 44.6 Å².